The molecule has 5 nitrogen and oxygen atoms in total. The summed E-state index contributed by atoms with van der Waals surface area (Å²) in [4.78, 5) is 16.8. The Hall–Kier alpha value is -3.09. The standard InChI is InChI=1S/C26H25NO4S/c1-3-29-19-8-6-18(7-9-19)14-23-25(28)24-17(2)13-22-21(26(24)31-23)15-27(16-30-22)11-10-20-5-4-12-32-20/h4-9,12-14H,3,10-11,15-16H2,1-2H3/b23-14-. The van der Waals surface area contributed by atoms with Crippen LogP contribution in [0, 0.1) is 6.92 Å². The number of allylic oxidation sites excluding steroid dienone is 1. The maximum absolute atomic E-state index is 13.2. The van der Waals surface area contributed by atoms with Crippen molar-refractivity contribution in [2.75, 3.05) is 19.9 Å². The fraction of sp³-hybridized carbons (Fsp3) is 0.269. The minimum absolute atomic E-state index is 0.0788. The fourth-order valence-corrected chi connectivity index (χ4v) is 4.82. The summed E-state index contributed by atoms with van der Waals surface area (Å²) >= 11 is 1.77. The second-order valence-electron chi connectivity index (χ2n) is 7.97. The van der Waals surface area contributed by atoms with Gasteiger partial charge in [-0.2, -0.15) is 0 Å². The van der Waals surface area contributed by atoms with Crippen molar-refractivity contribution in [3.8, 4) is 17.2 Å². The van der Waals surface area contributed by atoms with Crippen molar-refractivity contribution in [1.82, 2.24) is 4.90 Å². The number of ketones is 1. The summed E-state index contributed by atoms with van der Waals surface area (Å²) in [6.07, 6.45) is 2.77. The molecule has 2 aliphatic heterocycles. The molecule has 3 aromatic rings. The van der Waals surface area contributed by atoms with Crippen molar-refractivity contribution < 1.29 is 19.0 Å². The number of hydrogen-bond donors (Lipinski definition) is 0. The number of fused-ring (bicyclic) bond motifs is 3. The van der Waals surface area contributed by atoms with Crippen LogP contribution >= 0.6 is 11.3 Å². The lowest BCUT2D eigenvalue weighted by atomic mass is 9.98. The van der Waals surface area contributed by atoms with Crippen molar-refractivity contribution in [3.63, 3.8) is 0 Å². The Morgan fingerprint density at radius 2 is 2.06 bits per heavy atom. The van der Waals surface area contributed by atoms with E-state index < -0.39 is 0 Å². The van der Waals surface area contributed by atoms with E-state index in [0.717, 1.165) is 41.2 Å². The summed E-state index contributed by atoms with van der Waals surface area (Å²) in [5, 5.41) is 2.10. The third-order valence-corrected chi connectivity index (χ3v) is 6.67. The normalized spacial score (nSPS) is 16.4. The molecule has 32 heavy (non-hydrogen) atoms. The summed E-state index contributed by atoms with van der Waals surface area (Å²) in [5.41, 5.74) is 3.37. The van der Waals surface area contributed by atoms with Gasteiger partial charge in [-0.15, -0.1) is 11.3 Å². The molecular formula is C26H25NO4S. The Balaban J connectivity index is 1.39. The van der Waals surface area contributed by atoms with Crippen LogP contribution < -0.4 is 14.2 Å². The second kappa shape index (κ2) is 8.81. The lowest BCUT2D eigenvalue weighted by Crippen LogP contribution is -2.33. The monoisotopic (exact) mass is 447 g/mol. The zero-order valence-electron chi connectivity index (χ0n) is 18.2. The van der Waals surface area contributed by atoms with Gasteiger partial charge in [-0.25, -0.2) is 0 Å². The molecule has 0 atom stereocenters. The van der Waals surface area contributed by atoms with E-state index >= 15 is 0 Å². The topological polar surface area (TPSA) is 48.0 Å². The van der Waals surface area contributed by atoms with Crippen LogP contribution in [-0.2, 0) is 13.0 Å². The minimum atomic E-state index is -0.0788. The van der Waals surface area contributed by atoms with Gasteiger partial charge in [-0.3, -0.25) is 9.69 Å². The van der Waals surface area contributed by atoms with Crippen LogP contribution in [0.4, 0.5) is 0 Å². The lowest BCUT2D eigenvalue weighted by Gasteiger charge is -2.30. The van der Waals surface area contributed by atoms with Gasteiger partial charge in [-0.05, 0) is 67.1 Å². The molecule has 0 unspecified atom stereocenters. The number of benzene rings is 2. The number of carbonyl (C=O) groups is 1. The van der Waals surface area contributed by atoms with Crippen LogP contribution in [0.25, 0.3) is 6.08 Å². The van der Waals surface area contributed by atoms with Crippen molar-refractivity contribution >= 4 is 23.2 Å². The molecule has 2 aromatic carbocycles. The average Bonchev–Trinajstić information content (AvgIpc) is 3.43. The molecule has 0 amide bonds. The van der Waals surface area contributed by atoms with E-state index in [1.165, 1.54) is 4.88 Å². The summed E-state index contributed by atoms with van der Waals surface area (Å²) < 4.78 is 17.7. The highest BCUT2D eigenvalue weighted by Crippen LogP contribution is 2.44. The highest BCUT2D eigenvalue weighted by Gasteiger charge is 2.35. The van der Waals surface area contributed by atoms with Crippen LogP contribution in [0.5, 0.6) is 17.2 Å². The van der Waals surface area contributed by atoms with Crippen LogP contribution in [0.15, 0.2) is 53.6 Å². The number of Topliss-reactive ketones (excluding diaryl/α,β-unsaturated/α-hetero) is 1. The number of rotatable bonds is 6. The molecule has 0 saturated carbocycles. The molecule has 1 aromatic heterocycles. The van der Waals surface area contributed by atoms with Crippen molar-refractivity contribution in [2.24, 2.45) is 0 Å². The Labute approximate surface area is 191 Å². The van der Waals surface area contributed by atoms with Gasteiger partial charge in [-0.1, -0.05) is 18.2 Å². The van der Waals surface area contributed by atoms with Gasteiger partial charge in [0, 0.05) is 18.0 Å². The Morgan fingerprint density at radius 3 is 2.81 bits per heavy atom. The first-order chi connectivity index (χ1) is 15.6. The van der Waals surface area contributed by atoms with Crippen LogP contribution in [0.2, 0.25) is 0 Å². The Morgan fingerprint density at radius 1 is 1.22 bits per heavy atom. The largest absolute Gasteiger partial charge is 0.494 e. The van der Waals surface area contributed by atoms with Crippen LogP contribution in [0.1, 0.15) is 38.8 Å². The van der Waals surface area contributed by atoms with Gasteiger partial charge >= 0.3 is 0 Å². The number of carbonyl (C=O) groups excluding carboxylic acids is 1. The average molecular weight is 448 g/mol. The first kappa shape index (κ1) is 20.8. The predicted molar refractivity (Wildman–Crippen MR) is 126 cm³/mol. The lowest BCUT2D eigenvalue weighted by molar-refractivity contribution is 0.0951. The minimum Gasteiger partial charge on any atom is -0.494 e. The highest BCUT2D eigenvalue weighted by atomic mass is 32.1. The van der Waals surface area contributed by atoms with E-state index in [9.17, 15) is 4.79 Å². The molecule has 0 saturated heterocycles. The molecule has 0 radical (unpaired) electrons. The van der Waals surface area contributed by atoms with Gasteiger partial charge in [0.15, 0.2) is 5.76 Å². The molecule has 0 fully saturated rings. The van der Waals surface area contributed by atoms with Gasteiger partial charge in [0.25, 0.3) is 0 Å². The zero-order chi connectivity index (χ0) is 22.1. The van der Waals surface area contributed by atoms with Crippen LogP contribution in [0.3, 0.4) is 0 Å². The van der Waals surface area contributed by atoms with Gasteiger partial charge in [0.2, 0.25) is 5.78 Å². The van der Waals surface area contributed by atoms with Gasteiger partial charge in [0.05, 0.1) is 17.7 Å². The predicted octanol–water partition coefficient (Wildman–Crippen LogP) is 5.47. The van der Waals surface area contributed by atoms with Crippen molar-refractivity contribution in [1.29, 1.82) is 0 Å². The van der Waals surface area contributed by atoms with Crippen molar-refractivity contribution in [3.05, 3.63) is 80.7 Å². The highest BCUT2D eigenvalue weighted by molar-refractivity contribution is 7.09. The molecular weight excluding hydrogens is 422 g/mol. The number of nitrogens with zero attached hydrogens (tertiary/aromatic N) is 1. The molecule has 0 spiro atoms. The SMILES string of the molecule is CCOc1ccc(/C=C2\Oc3c4c(cc(C)c3C2=O)OCN(CCc2cccs2)C4)cc1. The second-order valence-corrected chi connectivity index (χ2v) is 9.00. The maximum atomic E-state index is 13.2. The molecule has 0 aliphatic carbocycles. The van der Waals surface area contributed by atoms with E-state index in [1.807, 2.05) is 44.2 Å². The zero-order valence-corrected chi connectivity index (χ0v) is 19.0. The fourth-order valence-electron chi connectivity index (χ4n) is 4.12. The summed E-state index contributed by atoms with van der Waals surface area (Å²) in [6, 6.07) is 13.8. The summed E-state index contributed by atoms with van der Waals surface area (Å²) in [5.74, 6) is 2.52. The molecule has 164 valence electrons. The molecule has 0 N–H and O–H groups in total. The number of aryl methyl sites for hydroxylation is 1. The Bertz CT molecular complexity index is 1170. The number of ether oxygens (including phenoxy) is 3. The van der Waals surface area contributed by atoms with E-state index in [2.05, 4.69) is 22.4 Å². The van der Waals surface area contributed by atoms with E-state index in [4.69, 9.17) is 14.2 Å². The maximum Gasteiger partial charge on any atom is 0.232 e. The smallest absolute Gasteiger partial charge is 0.232 e. The van der Waals surface area contributed by atoms with Crippen molar-refractivity contribution in [2.45, 2.75) is 26.8 Å². The van der Waals surface area contributed by atoms with Gasteiger partial charge in [0.1, 0.15) is 24.0 Å². The molecule has 3 heterocycles. The third kappa shape index (κ3) is 4.04. The summed E-state index contributed by atoms with van der Waals surface area (Å²) in [7, 11) is 0. The first-order valence-electron chi connectivity index (χ1n) is 10.8. The van der Waals surface area contributed by atoms with E-state index in [-0.39, 0.29) is 5.78 Å². The third-order valence-electron chi connectivity index (χ3n) is 5.73. The first-order valence-corrected chi connectivity index (χ1v) is 11.7. The van der Waals surface area contributed by atoms with Gasteiger partial charge < -0.3 is 14.2 Å². The van der Waals surface area contributed by atoms with E-state index in [1.54, 1.807) is 17.4 Å². The quantitative estimate of drug-likeness (QED) is 0.469. The molecule has 0 bridgehead atoms. The summed E-state index contributed by atoms with van der Waals surface area (Å²) in [6.45, 7) is 6.65. The molecule has 5 rings (SSSR count). The molecule has 2 aliphatic rings. The number of thiophene rings is 1. The number of hydrogen-bond acceptors (Lipinski definition) is 6. The van der Waals surface area contributed by atoms with Crippen LogP contribution in [-0.4, -0.2) is 30.6 Å². The Kier molecular flexibility index (Phi) is 5.72. The molecule has 6 heteroatoms. The van der Waals surface area contributed by atoms with E-state index in [0.29, 0.717) is 37.0 Å².